The fourth-order valence-electron chi connectivity index (χ4n) is 1.15. The Labute approximate surface area is 79.4 Å². The molecule has 1 saturated carbocycles. The second-order valence-electron chi connectivity index (χ2n) is 3.63. The van der Waals surface area contributed by atoms with Gasteiger partial charge in [-0.25, -0.2) is 13.1 Å². The lowest BCUT2D eigenvalue weighted by atomic mass is 10.3. The quantitative estimate of drug-likeness (QED) is 0.648. The molecule has 5 heteroatoms. The number of aliphatic hydroxyl groups is 1. The number of hydrogen-bond acceptors (Lipinski definition) is 3. The van der Waals surface area contributed by atoms with E-state index in [4.69, 9.17) is 5.11 Å². The lowest BCUT2D eigenvalue weighted by Gasteiger charge is -2.13. The van der Waals surface area contributed by atoms with Gasteiger partial charge in [0.05, 0.1) is 12.4 Å². The first-order valence-corrected chi connectivity index (χ1v) is 6.33. The van der Waals surface area contributed by atoms with Crippen LogP contribution in [0, 0.1) is 5.92 Å². The molecule has 1 aliphatic rings. The fourth-order valence-corrected chi connectivity index (χ4v) is 2.95. The number of hydrogen-bond donors (Lipinski definition) is 2. The van der Waals surface area contributed by atoms with Crippen molar-refractivity contribution in [3.05, 3.63) is 0 Å². The van der Waals surface area contributed by atoms with Crippen molar-refractivity contribution >= 4 is 10.0 Å². The van der Waals surface area contributed by atoms with E-state index in [1.54, 1.807) is 0 Å². The van der Waals surface area contributed by atoms with Crippen LogP contribution in [0.5, 0.6) is 0 Å². The molecule has 4 nitrogen and oxygen atoms in total. The molecule has 1 rings (SSSR count). The van der Waals surface area contributed by atoms with Crippen molar-refractivity contribution < 1.29 is 13.5 Å². The Kier molecular flexibility index (Phi) is 3.70. The van der Waals surface area contributed by atoms with E-state index in [0.717, 1.165) is 12.8 Å². The number of aliphatic hydroxyl groups excluding tert-OH is 1. The molecule has 1 aliphatic carbocycles. The predicted molar refractivity (Wildman–Crippen MR) is 50.8 cm³/mol. The van der Waals surface area contributed by atoms with Gasteiger partial charge in [0, 0.05) is 6.04 Å². The second kappa shape index (κ2) is 4.39. The third-order valence-electron chi connectivity index (χ3n) is 2.21. The first-order valence-electron chi connectivity index (χ1n) is 4.68. The molecular weight excluding hydrogens is 190 g/mol. The van der Waals surface area contributed by atoms with E-state index in [9.17, 15) is 8.42 Å². The first kappa shape index (κ1) is 10.9. The van der Waals surface area contributed by atoms with Gasteiger partial charge in [0.25, 0.3) is 0 Å². The second-order valence-corrected chi connectivity index (χ2v) is 5.43. The van der Waals surface area contributed by atoms with E-state index < -0.39 is 10.0 Å². The van der Waals surface area contributed by atoms with Crippen molar-refractivity contribution in [1.82, 2.24) is 4.72 Å². The molecule has 2 N–H and O–H groups in total. The van der Waals surface area contributed by atoms with Gasteiger partial charge >= 0.3 is 0 Å². The number of sulfonamides is 1. The molecule has 0 aromatic rings. The van der Waals surface area contributed by atoms with Crippen LogP contribution in [0.4, 0.5) is 0 Å². The summed E-state index contributed by atoms with van der Waals surface area (Å²) in [6.07, 6.45) is 2.67. The van der Waals surface area contributed by atoms with Crippen LogP contribution in [0.2, 0.25) is 0 Å². The average molecular weight is 207 g/mol. The van der Waals surface area contributed by atoms with Gasteiger partial charge in [-0.3, -0.25) is 0 Å². The Bertz CT molecular complexity index is 242. The molecular formula is C8H17NO3S. The van der Waals surface area contributed by atoms with Gasteiger partial charge in [-0.2, -0.15) is 0 Å². The Balaban J connectivity index is 2.39. The van der Waals surface area contributed by atoms with Gasteiger partial charge in [0.15, 0.2) is 0 Å². The zero-order chi connectivity index (χ0) is 9.90. The summed E-state index contributed by atoms with van der Waals surface area (Å²) in [6.45, 7) is 1.72. The number of rotatable bonds is 6. The third-order valence-corrected chi connectivity index (χ3v) is 3.81. The van der Waals surface area contributed by atoms with Crippen molar-refractivity contribution in [1.29, 1.82) is 0 Å². The lowest BCUT2D eigenvalue weighted by Crippen LogP contribution is -2.38. The summed E-state index contributed by atoms with van der Waals surface area (Å²) in [4.78, 5) is 0. The molecule has 0 saturated heterocycles. The van der Waals surface area contributed by atoms with Gasteiger partial charge in [0.2, 0.25) is 10.0 Å². The monoisotopic (exact) mass is 207 g/mol. The van der Waals surface area contributed by atoms with Crippen LogP contribution in [0.15, 0.2) is 0 Å². The zero-order valence-corrected chi connectivity index (χ0v) is 8.68. The van der Waals surface area contributed by atoms with E-state index >= 15 is 0 Å². The highest BCUT2D eigenvalue weighted by Gasteiger charge is 2.28. The maximum absolute atomic E-state index is 11.4. The Morgan fingerprint density at radius 1 is 1.54 bits per heavy atom. The Morgan fingerprint density at radius 2 is 2.15 bits per heavy atom. The maximum atomic E-state index is 11.4. The molecule has 0 bridgehead atoms. The van der Waals surface area contributed by atoms with E-state index in [1.807, 2.05) is 6.92 Å². The van der Waals surface area contributed by atoms with E-state index in [2.05, 4.69) is 4.72 Å². The van der Waals surface area contributed by atoms with Crippen LogP contribution in [-0.4, -0.2) is 31.9 Å². The Morgan fingerprint density at radius 3 is 2.54 bits per heavy atom. The van der Waals surface area contributed by atoms with Crippen LogP contribution in [0.3, 0.4) is 0 Å². The molecule has 78 valence electrons. The summed E-state index contributed by atoms with van der Waals surface area (Å²) < 4.78 is 25.3. The van der Waals surface area contributed by atoms with Crippen molar-refractivity contribution in [2.75, 3.05) is 12.4 Å². The first-order chi connectivity index (χ1) is 6.07. The summed E-state index contributed by atoms with van der Waals surface area (Å²) in [5.41, 5.74) is 0. The van der Waals surface area contributed by atoms with Crippen LogP contribution in [0.25, 0.3) is 0 Å². The van der Waals surface area contributed by atoms with Crippen LogP contribution in [0.1, 0.15) is 26.2 Å². The maximum Gasteiger partial charge on any atom is 0.212 e. The molecule has 0 amide bonds. The smallest absolute Gasteiger partial charge is 0.212 e. The summed E-state index contributed by atoms with van der Waals surface area (Å²) in [5, 5.41) is 8.81. The standard InChI is InChI=1S/C8H17NO3S/c1-2-8(5-10)9-13(11,12)6-7-3-4-7/h7-10H,2-6H2,1H3/t8-/m0/s1. The Hall–Kier alpha value is -0.130. The van der Waals surface area contributed by atoms with Gasteiger partial charge < -0.3 is 5.11 Å². The van der Waals surface area contributed by atoms with E-state index in [-0.39, 0.29) is 18.4 Å². The molecule has 13 heavy (non-hydrogen) atoms. The molecule has 0 aromatic heterocycles. The van der Waals surface area contributed by atoms with Gasteiger partial charge in [-0.1, -0.05) is 6.92 Å². The van der Waals surface area contributed by atoms with Gasteiger partial charge in [-0.05, 0) is 25.2 Å². The van der Waals surface area contributed by atoms with Crippen LogP contribution < -0.4 is 4.72 Å². The summed E-state index contributed by atoms with van der Waals surface area (Å²) >= 11 is 0. The molecule has 0 spiro atoms. The van der Waals surface area contributed by atoms with E-state index in [0.29, 0.717) is 12.3 Å². The van der Waals surface area contributed by atoms with Crippen LogP contribution in [-0.2, 0) is 10.0 Å². The average Bonchev–Trinajstić information content (AvgIpc) is 2.83. The van der Waals surface area contributed by atoms with Crippen molar-refractivity contribution in [2.45, 2.75) is 32.2 Å². The highest BCUT2D eigenvalue weighted by atomic mass is 32.2. The highest BCUT2D eigenvalue weighted by molar-refractivity contribution is 7.89. The molecule has 0 unspecified atom stereocenters. The topological polar surface area (TPSA) is 66.4 Å². The molecule has 0 radical (unpaired) electrons. The SMILES string of the molecule is CC[C@@H](CO)NS(=O)(=O)CC1CC1. The minimum atomic E-state index is -3.15. The zero-order valence-electron chi connectivity index (χ0n) is 7.86. The summed E-state index contributed by atoms with van der Waals surface area (Å²) in [5.74, 6) is 0.581. The van der Waals surface area contributed by atoms with Crippen molar-refractivity contribution in [3.8, 4) is 0 Å². The number of nitrogens with one attached hydrogen (secondary N) is 1. The van der Waals surface area contributed by atoms with E-state index in [1.165, 1.54) is 0 Å². The largest absolute Gasteiger partial charge is 0.395 e. The minimum Gasteiger partial charge on any atom is -0.395 e. The minimum absolute atomic E-state index is 0.125. The normalized spacial score (nSPS) is 20.2. The lowest BCUT2D eigenvalue weighted by molar-refractivity contribution is 0.253. The fraction of sp³-hybridized carbons (Fsp3) is 1.00. The van der Waals surface area contributed by atoms with Crippen LogP contribution >= 0.6 is 0 Å². The highest BCUT2D eigenvalue weighted by Crippen LogP contribution is 2.29. The summed E-state index contributed by atoms with van der Waals surface area (Å²) in [6, 6.07) is -0.316. The predicted octanol–water partition coefficient (Wildman–Crippen LogP) is 0.0867. The van der Waals surface area contributed by atoms with Crippen molar-refractivity contribution in [3.63, 3.8) is 0 Å². The van der Waals surface area contributed by atoms with Crippen molar-refractivity contribution in [2.24, 2.45) is 5.92 Å². The summed E-state index contributed by atoms with van der Waals surface area (Å²) in [7, 11) is -3.15. The molecule has 0 aromatic carbocycles. The molecule has 1 atom stereocenters. The molecule has 0 aliphatic heterocycles. The third kappa shape index (κ3) is 4.06. The van der Waals surface area contributed by atoms with Gasteiger partial charge in [-0.15, -0.1) is 0 Å². The molecule has 1 fully saturated rings. The van der Waals surface area contributed by atoms with Gasteiger partial charge in [0.1, 0.15) is 0 Å². The molecule has 0 heterocycles.